The molecule has 0 N–H and O–H groups in total. The Morgan fingerprint density at radius 3 is 2.69 bits per heavy atom. The molecule has 0 saturated heterocycles. The Hall–Kier alpha value is 0.210. The highest BCUT2D eigenvalue weighted by Gasteiger charge is 2.32. The molecule has 2 atom stereocenters. The molecule has 0 amide bonds. The number of halogens is 1. The van der Waals surface area contributed by atoms with Gasteiger partial charge in [-0.15, -0.1) is 11.6 Å². The van der Waals surface area contributed by atoms with Gasteiger partial charge in [0.25, 0.3) is 0 Å². The summed E-state index contributed by atoms with van der Waals surface area (Å²) in [5.74, 6) is 2.49. The molecule has 1 aliphatic rings. The maximum atomic E-state index is 5.49. The molecular formula is C10H20ClNO. The van der Waals surface area contributed by atoms with Gasteiger partial charge in [0, 0.05) is 19.0 Å². The van der Waals surface area contributed by atoms with Crippen LogP contribution in [0.3, 0.4) is 0 Å². The molecule has 0 aromatic rings. The maximum absolute atomic E-state index is 5.49. The number of hydrogen-bond acceptors (Lipinski definition) is 2. The predicted octanol–water partition coefficient (Wildman–Crippen LogP) is 1.83. The van der Waals surface area contributed by atoms with Crippen LogP contribution < -0.4 is 0 Å². The van der Waals surface area contributed by atoms with Crippen LogP contribution in [0.15, 0.2) is 0 Å². The van der Waals surface area contributed by atoms with Gasteiger partial charge in [-0.1, -0.05) is 6.92 Å². The second-order valence-electron chi connectivity index (χ2n) is 4.04. The summed E-state index contributed by atoms with van der Waals surface area (Å²) >= 11 is 5.49. The van der Waals surface area contributed by atoms with E-state index in [4.69, 9.17) is 16.3 Å². The smallest absolute Gasteiger partial charge is 0.0602 e. The van der Waals surface area contributed by atoms with Crippen LogP contribution in [0, 0.1) is 11.8 Å². The molecule has 13 heavy (non-hydrogen) atoms. The summed E-state index contributed by atoms with van der Waals surface area (Å²) in [6, 6.07) is 0. The van der Waals surface area contributed by atoms with Gasteiger partial charge in [-0.3, -0.25) is 0 Å². The molecule has 0 bridgehead atoms. The highest BCUT2D eigenvalue weighted by molar-refractivity contribution is 6.17. The van der Waals surface area contributed by atoms with Crippen molar-refractivity contribution in [3.05, 3.63) is 0 Å². The zero-order chi connectivity index (χ0) is 9.68. The summed E-state index contributed by atoms with van der Waals surface area (Å²) in [4.78, 5) is 2.35. The second kappa shape index (κ2) is 5.84. The van der Waals surface area contributed by atoms with Crippen LogP contribution in [0.2, 0.25) is 0 Å². The van der Waals surface area contributed by atoms with E-state index in [0.29, 0.717) is 12.5 Å². The van der Waals surface area contributed by atoms with Gasteiger partial charge < -0.3 is 9.64 Å². The molecule has 0 heterocycles. The summed E-state index contributed by atoms with van der Waals surface area (Å²) in [6.45, 7) is 6.06. The summed E-state index contributed by atoms with van der Waals surface area (Å²) in [7, 11) is 2.16. The Kier molecular flexibility index (Phi) is 5.07. The first kappa shape index (κ1) is 11.3. The fraction of sp³-hybridized carbons (Fsp3) is 1.00. The minimum atomic E-state index is 0.601. The number of likely N-dealkylation sites (N-methyl/N-ethyl adjacent to an activating group) is 1. The molecule has 3 heteroatoms. The van der Waals surface area contributed by atoms with Gasteiger partial charge in [0.15, 0.2) is 0 Å². The highest BCUT2D eigenvalue weighted by Crippen LogP contribution is 2.37. The fourth-order valence-electron chi connectivity index (χ4n) is 1.52. The van der Waals surface area contributed by atoms with Gasteiger partial charge in [0.05, 0.1) is 13.2 Å². The number of hydrogen-bond donors (Lipinski definition) is 0. The SMILES string of the molecule is CC1CC1CN(C)CCOCCCl. The van der Waals surface area contributed by atoms with Crippen molar-refractivity contribution in [1.82, 2.24) is 4.90 Å². The minimum absolute atomic E-state index is 0.601. The summed E-state index contributed by atoms with van der Waals surface area (Å²) in [6.07, 6.45) is 1.41. The van der Waals surface area contributed by atoms with E-state index in [9.17, 15) is 0 Å². The molecule has 0 spiro atoms. The van der Waals surface area contributed by atoms with E-state index in [-0.39, 0.29) is 0 Å². The third-order valence-electron chi connectivity index (χ3n) is 2.66. The Labute approximate surface area is 86.2 Å². The maximum Gasteiger partial charge on any atom is 0.0602 e. The van der Waals surface area contributed by atoms with Crippen molar-refractivity contribution in [3.63, 3.8) is 0 Å². The molecule has 1 aliphatic carbocycles. The van der Waals surface area contributed by atoms with Gasteiger partial charge >= 0.3 is 0 Å². The first-order chi connectivity index (χ1) is 6.24. The fourth-order valence-corrected chi connectivity index (χ4v) is 1.63. The lowest BCUT2D eigenvalue weighted by Gasteiger charge is -2.15. The average Bonchev–Trinajstić information content (AvgIpc) is 2.76. The van der Waals surface area contributed by atoms with Crippen LogP contribution in [0.1, 0.15) is 13.3 Å². The molecular weight excluding hydrogens is 186 g/mol. The van der Waals surface area contributed by atoms with Crippen LogP contribution in [0.25, 0.3) is 0 Å². The van der Waals surface area contributed by atoms with Gasteiger partial charge in [-0.25, -0.2) is 0 Å². The molecule has 0 aromatic heterocycles. The minimum Gasteiger partial charge on any atom is -0.379 e. The van der Waals surface area contributed by atoms with Crippen molar-refractivity contribution in [2.75, 3.05) is 39.2 Å². The van der Waals surface area contributed by atoms with Crippen LogP contribution in [0.4, 0.5) is 0 Å². The monoisotopic (exact) mass is 205 g/mol. The van der Waals surface area contributed by atoms with Crippen LogP contribution >= 0.6 is 11.6 Å². The number of alkyl halides is 1. The molecule has 78 valence electrons. The lowest BCUT2D eigenvalue weighted by molar-refractivity contribution is 0.122. The van der Waals surface area contributed by atoms with E-state index >= 15 is 0 Å². The standard InChI is InChI=1S/C10H20ClNO/c1-9-7-10(9)8-12(2)4-6-13-5-3-11/h9-10H,3-8H2,1-2H3. The topological polar surface area (TPSA) is 12.5 Å². The molecule has 0 aliphatic heterocycles. The average molecular weight is 206 g/mol. The zero-order valence-corrected chi connectivity index (χ0v) is 9.39. The third kappa shape index (κ3) is 4.84. The van der Waals surface area contributed by atoms with Crippen LogP contribution in [-0.4, -0.2) is 44.1 Å². The molecule has 2 unspecified atom stereocenters. The molecule has 0 aromatic carbocycles. The van der Waals surface area contributed by atoms with E-state index in [2.05, 4.69) is 18.9 Å². The number of rotatable bonds is 7. The first-order valence-electron chi connectivity index (χ1n) is 5.06. The zero-order valence-electron chi connectivity index (χ0n) is 8.63. The Balaban J connectivity index is 1.89. The van der Waals surface area contributed by atoms with E-state index < -0.39 is 0 Å². The molecule has 1 saturated carbocycles. The molecule has 0 radical (unpaired) electrons. The molecule has 1 fully saturated rings. The number of nitrogens with zero attached hydrogens (tertiary/aromatic N) is 1. The Morgan fingerprint density at radius 1 is 1.46 bits per heavy atom. The third-order valence-corrected chi connectivity index (χ3v) is 2.82. The van der Waals surface area contributed by atoms with E-state index in [1.807, 2.05) is 0 Å². The van der Waals surface area contributed by atoms with Gasteiger partial charge in [0.2, 0.25) is 0 Å². The second-order valence-corrected chi connectivity index (χ2v) is 4.41. The highest BCUT2D eigenvalue weighted by atomic mass is 35.5. The summed E-state index contributed by atoms with van der Waals surface area (Å²) in [5, 5.41) is 0. The Bertz CT molecular complexity index is 143. The normalized spacial score (nSPS) is 26.8. The van der Waals surface area contributed by atoms with Crippen molar-refractivity contribution >= 4 is 11.6 Å². The van der Waals surface area contributed by atoms with Crippen molar-refractivity contribution in [2.45, 2.75) is 13.3 Å². The summed E-state index contributed by atoms with van der Waals surface area (Å²) in [5.41, 5.74) is 0. The van der Waals surface area contributed by atoms with E-state index in [0.717, 1.165) is 25.0 Å². The van der Waals surface area contributed by atoms with Gasteiger partial charge in [0.1, 0.15) is 0 Å². The van der Waals surface area contributed by atoms with E-state index in [1.54, 1.807) is 0 Å². The predicted molar refractivity (Wildman–Crippen MR) is 56.3 cm³/mol. The number of ether oxygens (including phenoxy) is 1. The van der Waals surface area contributed by atoms with Crippen molar-refractivity contribution < 1.29 is 4.74 Å². The van der Waals surface area contributed by atoms with Crippen LogP contribution in [0.5, 0.6) is 0 Å². The largest absolute Gasteiger partial charge is 0.379 e. The van der Waals surface area contributed by atoms with Crippen LogP contribution in [-0.2, 0) is 4.74 Å². The van der Waals surface area contributed by atoms with Crippen molar-refractivity contribution in [3.8, 4) is 0 Å². The summed E-state index contributed by atoms with van der Waals surface area (Å²) < 4.78 is 5.31. The lowest BCUT2D eigenvalue weighted by atomic mass is 10.3. The van der Waals surface area contributed by atoms with Gasteiger partial charge in [-0.05, 0) is 25.3 Å². The Morgan fingerprint density at radius 2 is 2.15 bits per heavy atom. The lowest BCUT2D eigenvalue weighted by Crippen LogP contribution is -2.26. The first-order valence-corrected chi connectivity index (χ1v) is 5.59. The van der Waals surface area contributed by atoms with Crippen molar-refractivity contribution in [2.24, 2.45) is 11.8 Å². The van der Waals surface area contributed by atoms with E-state index in [1.165, 1.54) is 13.0 Å². The van der Waals surface area contributed by atoms with Gasteiger partial charge in [-0.2, -0.15) is 0 Å². The quantitative estimate of drug-likeness (QED) is 0.465. The molecule has 2 nitrogen and oxygen atoms in total. The molecule has 1 rings (SSSR count). The van der Waals surface area contributed by atoms with Crippen molar-refractivity contribution in [1.29, 1.82) is 0 Å².